The van der Waals surface area contributed by atoms with Gasteiger partial charge < -0.3 is 14.8 Å². The fourth-order valence-electron chi connectivity index (χ4n) is 3.34. The number of methoxy groups -OCH3 is 1. The van der Waals surface area contributed by atoms with Crippen molar-refractivity contribution >= 4 is 0 Å². The quantitative estimate of drug-likeness (QED) is 0.565. The third-order valence-electron chi connectivity index (χ3n) is 4.90. The van der Waals surface area contributed by atoms with Crippen LogP contribution in [0.25, 0.3) is 0 Å². The van der Waals surface area contributed by atoms with Gasteiger partial charge in [-0.2, -0.15) is 0 Å². The zero-order valence-electron chi connectivity index (χ0n) is 17.3. The van der Waals surface area contributed by atoms with Crippen molar-refractivity contribution in [1.29, 1.82) is 0 Å². The Morgan fingerprint density at radius 3 is 2.45 bits per heavy atom. The summed E-state index contributed by atoms with van der Waals surface area (Å²) in [5.74, 6) is 0.804. The smallest absolute Gasteiger partial charge is 0.165 e. The van der Waals surface area contributed by atoms with Gasteiger partial charge in [-0.05, 0) is 67.3 Å². The molecule has 0 radical (unpaired) electrons. The van der Waals surface area contributed by atoms with Gasteiger partial charge in [0.05, 0.1) is 12.8 Å². The zero-order chi connectivity index (χ0) is 20.8. The number of rotatable bonds is 8. The molecule has 3 rings (SSSR count). The maximum Gasteiger partial charge on any atom is 0.165 e. The van der Waals surface area contributed by atoms with Gasteiger partial charge in [0.2, 0.25) is 0 Å². The summed E-state index contributed by atoms with van der Waals surface area (Å²) in [6.07, 6.45) is 1.77. The van der Waals surface area contributed by atoms with Gasteiger partial charge in [0.15, 0.2) is 11.6 Å². The molecular weight excluding hydrogens is 367 g/mol. The Labute approximate surface area is 171 Å². The van der Waals surface area contributed by atoms with Crippen LogP contribution in [-0.4, -0.2) is 12.1 Å². The van der Waals surface area contributed by atoms with Gasteiger partial charge in [-0.15, -0.1) is 0 Å². The van der Waals surface area contributed by atoms with Crippen LogP contribution in [0.1, 0.15) is 40.9 Å². The molecule has 0 aliphatic rings. The van der Waals surface area contributed by atoms with E-state index in [1.165, 1.54) is 13.2 Å². The van der Waals surface area contributed by atoms with Gasteiger partial charge in [0.1, 0.15) is 12.4 Å². The molecule has 3 aromatic rings. The average molecular weight is 394 g/mol. The second-order valence-electron chi connectivity index (χ2n) is 7.17. The van der Waals surface area contributed by atoms with E-state index in [9.17, 15) is 4.39 Å². The van der Waals surface area contributed by atoms with Crippen LogP contribution in [-0.2, 0) is 13.2 Å². The van der Waals surface area contributed by atoms with Gasteiger partial charge in [-0.1, -0.05) is 24.3 Å². The van der Waals surface area contributed by atoms with Crippen molar-refractivity contribution in [2.75, 3.05) is 7.11 Å². The van der Waals surface area contributed by atoms with Crippen LogP contribution in [0.5, 0.6) is 11.5 Å². The molecule has 1 unspecified atom stereocenters. The third kappa shape index (κ3) is 5.33. The summed E-state index contributed by atoms with van der Waals surface area (Å²) in [4.78, 5) is 4.30. The Balaban J connectivity index is 1.63. The van der Waals surface area contributed by atoms with Crippen molar-refractivity contribution in [3.63, 3.8) is 0 Å². The van der Waals surface area contributed by atoms with Crippen LogP contribution < -0.4 is 14.8 Å². The summed E-state index contributed by atoms with van der Waals surface area (Å²) in [5.41, 5.74) is 5.11. The van der Waals surface area contributed by atoms with E-state index < -0.39 is 0 Å². The van der Waals surface area contributed by atoms with E-state index in [0.717, 1.165) is 33.7 Å². The molecule has 1 aromatic heterocycles. The lowest BCUT2D eigenvalue weighted by Gasteiger charge is -2.17. The van der Waals surface area contributed by atoms with Crippen molar-refractivity contribution < 1.29 is 13.9 Å². The normalized spacial score (nSPS) is 11.9. The zero-order valence-corrected chi connectivity index (χ0v) is 17.3. The molecule has 0 amide bonds. The molecule has 5 heteroatoms. The lowest BCUT2D eigenvalue weighted by atomic mass is 10.0. The van der Waals surface area contributed by atoms with Crippen LogP contribution in [0.4, 0.5) is 4.39 Å². The molecule has 0 spiro atoms. The number of hydrogen-bond acceptors (Lipinski definition) is 4. The minimum atomic E-state index is -0.347. The molecule has 0 saturated carbocycles. The molecule has 29 heavy (non-hydrogen) atoms. The molecule has 0 fully saturated rings. The van der Waals surface area contributed by atoms with E-state index in [1.54, 1.807) is 12.3 Å². The van der Waals surface area contributed by atoms with Gasteiger partial charge in [0.25, 0.3) is 0 Å². The first-order valence-electron chi connectivity index (χ1n) is 9.67. The predicted octanol–water partition coefficient (Wildman–Crippen LogP) is 5.28. The summed E-state index contributed by atoms with van der Waals surface area (Å²) < 4.78 is 24.9. The highest BCUT2D eigenvalue weighted by Gasteiger charge is 2.11. The van der Waals surface area contributed by atoms with Crippen LogP contribution in [0.3, 0.4) is 0 Å². The second kappa shape index (κ2) is 9.52. The number of nitrogens with zero attached hydrogens (tertiary/aromatic N) is 1. The average Bonchev–Trinajstić information content (AvgIpc) is 2.72. The number of halogens is 1. The molecule has 152 valence electrons. The first-order valence-corrected chi connectivity index (χ1v) is 9.67. The predicted molar refractivity (Wildman–Crippen MR) is 113 cm³/mol. The van der Waals surface area contributed by atoms with Crippen LogP contribution >= 0.6 is 0 Å². The Morgan fingerprint density at radius 1 is 1.07 bits per heavy atom. The molecule has 0 aliphatic heterocycles. The Morgan fingerprint density at radius 2 is 1.83 bits per heavy atom. The van der Waals surface area contributed by atoms with Crippen LogP contribution in [0.15, 0.2) is 54.7 Å². The number of aromatic nitrogens is 1. The summed E-state index contributed by atoms with van der Waals surface area (Å²) >= 11 is 0. The molecule has 1 N–H and O–H groups in total. The topological polar surface area (TPSA) is 43.4 Å². The molecule has 0 aliphatic carbocycles. The second-order valence-corrected chi connectivity index (χ2v) is 7.17. The molecule has 4 nitrogen and oxygen atoms in total. The standard InChI is InChI=1S/C24H27FN2O2/c1-16-11-19(12-17(2)24(16)29-15-21-7-5-6-10-26-21)14-27-18(3)20-8-9-23(28-4)22(25)13-20/h5-13,18,27H,14-15H2,1-4H3. The van der Waals surface area contributed by atoms with E-state index in [0.29, 0.717) is 13.2 Å². The molecule has 2 aromatic carbocycles. The van der Waals surface area contributed by atoms with Crippen molar-refractivity contribution in [2.24, 2.45) is 0 Å². The minimum absolute atomic E-state index is 0.0103. The Kier molecular flexibility index (Phi) is 6.83. The highest BCUT2D eigenvalue weighted by atomic mass is 19.1. The Bertz CT molecular complexity index is 937. The van der Waals surface area contributed by atoms with Gasteiger partial charge in [-0.25, -0.2) is 4.39 Å². The maximum absolute atomic E-state index is 13.9. The summed E-state index contributed by atoms with van der Waals surface area (Å²) in [5, 5.41) is 3.45. The number of aryl methyl sites for hydroxylation is 2. The first kappa shape index (κ1) is 20.8. The first-order chi connectivity index (χ1) is 14.0. The van der Waals surface area contributed by atoms with Crippen LogP contribution in [0.2, 0.25) is 0 Å². The van der Waals surface area contributed by atoms with Gasteiger partial charge in [-0.3, -0.25) is 4.98 Å². The summed E-state index contributed by atoms with van der Waals surface area (Å²) in [6.45, 7) is 7.24. The van der Waals surface area contributed by atoms with Crippen molar-refractivity contribution in [3.05, 3.63) is 88.5 Å². The molecule has 1 atom stereocenters. The minimum Gasteiger partial charge on any atom is -0.494 e. The number of pyridine rings is 1. The third-order valence-corrected chi connectivity index (χ3v) is 4.90. The SMILES string of the molecule is COc1ccc(C(C)NCc2cc(C)c(OCc3ccccn3)c(C)c2)cc1F. The van der Waals surface area contributed by atoms with Gasteiger partial charge in [0, 0.05) is 18.8 Å². The molecule has 0 bridgehead atoms. The number of ether oxygens (including phenoxy) is 2. The van der Waals surface area contributed by atoms with E-state index in [-0.39, 0.29) is 17.6 Å². The lowest BCUT2D eigenvalue weighted by molar-refractivity contribution is 0.297. The molecular formula is C24H27FN2O2. The Hall–Kier alpha value is -2.92. The van der Waals surface area contributed by atoms with Crippen molar-refractivity contribution in [3.8, 4) is 11.5 Å². The van der Waals surface area contributed by atoms with Crippen molar-refractivity contribution in [1.82, 2.24) is 10.3 Å². The van der Waals surface area contributed by atoms with E-state index in [2.05, 4.69) is 22.4 Å². The maximum atomic E-state index is 13.9. The summed E-state index contributed by atoms with van der Waals surface area (Å²) in [6, 6.07) is 15.1. The van der Waals surface area contributed by atoms with Crippen LogP contribution in [0, 0.1) is 19.7 Å². The summed E-state index contributed by atoms with van der Waals surface area (Å²) in [7, 11) is 1.47. The fraction of sp³-hybridized carbons (Fsp3) is 0.292. The largest absolute Gasteiger partial charge is 0.494 e. The molecule has 1 heterocycles. The van der Waals surface area contributed by atoms with Gasteiger partial charge >= 0.3 is 0 Å². The van der Waals surface area contributed by atoms with E-state index in [1.807, 2.05) is 45.0 Å². The number of benzene rings is 2. The van der Waals surface area contributed by atoms with E-state index >= 15 is 0 Å². The van der Waals surface area contributed by atoms with E-state index in [4.69, 9.17) is 9.47 Å². The van der Waals surface area contributed by atoms with Crippen molar-refractivity contribution in [2.45, 2.75) is 40.0 Å². The fourth-order valence-corrected chi connectivity index (χ4v) is 3.34. The number of nitrogens with one attached hydrogen (secondary N) is 1. The number of hydrogen-bond donors (Lipinski definition) is 1. The molecule has 0 saturated heterocycles. The monoisotopic (exact) mass is 394 g/mol. The highest BCUT2D eigenvalue weighted by molar-refractivity contribution is 5.43. The lowest BCUT2D eigenvalue weighted by Crippen LogP contribution is -2.18. The highest BCUT2D eigenvalue weighted by Crippen LogP contribution is 2.26.